The summed E-state index contributed by atoms with van der Waals surface area (Å²) in [6.07, 6.45) is 0.916. The maximum atomic E-state index is 11.4. The molecule has 1 aromatic rings. The molecule has 0 fully saturated rings. The van der Waals surface area contributed by atoms with Crippen molar-refractivity contribution < 1.29 is 19.6 Å². The predicted molar refractivity (Wildman–Crippen MR) is 72.5 cm³/mol. The Morgan fingerprint density at radius 3 is 2.95 bits per heavy atom. The molecule has 1 aromatic carbocycles. The average molecular weight is 282 g/mol. The number of carbonyl (C=O) groups excluding carboxylic acids is 1. The molecule has 0 bridgehead atoms. The number of nitrogens with one attached hydrogen (secondary N) is 1. The van der Waals surface area contributed by atoms with Crippen LogP contribution in [0.25, 0.3) is 0 Å². The number of benzene rings is 1. The molecule has 0 aliphatic rings. The molecular weight excluding hydrogens is 264 g/mol. The lowest BCUT2D eigenvalue weighted by atomic mass is 10.2. The van der Waals surface area contributed by atoms with Crippen molar-refractivity contribution in [1.82, 2.24) is 5.32 Å². The van der Waals surface area contributed by atoms with Crippen LogP contribution in [-0.4, -0.2) is 35.2 Å². The number of hydrogen-bond acceptors (Lipinski definition) is 5. The van der Waals surface area contributed by atoms with Gasteiger partial charge in [0.2, 0.25) is 0 Å². The molecule has 1 amide bonds. The zero-order valence-corrected chi connectivity index (χ0v) is 11.2. The Hall–Kier alpha value is -2.15. The van der Waals surface area contributed by atoms with Gasteiger partial charge in [0.15, 0.2) is 6.61 Å². The Morgan fingerprint density at radius 2 is 2.30 bits per heavy atom. The van der Waals surface area contributed by atoms with Gasteiger partial charge in [0.25, 0.3) is 11.6 Å². The first-order chi connectivity index (χ1) is 9.49. The number of aliphatic hydroxyl groups is 1. The van der Waals surface area contributed by atoms with Crippen molar-refractivity contribution in [2.75, 3.05) is 13.2 Å². The maximum absolute atomic E-state index is 11.4. The monoisotopic (exact) mass is 282 g/mol. The molecule has 0 aromatic heterocycles. The summed E-state index contributed by atoms with van der Waals surface area (Å²) in [6.45, 7) is 1.95. The molecule has 0 aliphatic carbocycles. The number of nitrogens with zero attached hydrogens (tertiary/aromatic N) is 1. The van der Waals surface area contributed by atoms with Crippen LogP contribution in [0.2, 0.25) is 0 Å². The average Bonchev–Trinajstić information content (AvgIpc) is 2.41. The van der Waals surface area contributed by atoms with Gasteiger partial charge < -0.3 is 15.2 Å². The fourth-order valence-corrected chi connectivity index (χ4v) is 1.51. The van der Waals surface area contributed by atoms with E-state index in [1.165, 1.54) is 18.2 Å². The fourth-order valence-electron chi connectivity index (χ4n) is 1.51. The van der Waals surface area contributed by atoms with E-state index in [1.54, 1.807) is 13.0 Å². The van der Waals surface area contributed by atoms with Gasteiger partial charge in [0, 0.05) is 12.6 Å². The number of carbonyl (C=O) groups is 1. The topological polar surface area (TPSA) is 102 Å². The van der Waals surface area contributed by atoms with Gasteiger partial charge in [0.1, 0.15) is 5.75 Å². The van der Waals surface area contributed by atoms with Crippen molar-refractivity contribution in [3.63, 3.8) is 0 Å². The van der Waals surface area contributed by atoms with Crippen molar-refractivity contribution in [3.8, 4) is 5.75 Å². The quantitative estimate of drug-likeness (QED) is 0.424. The van der Waals surface area contributed by atoms with Crippen LogP contribution in [0.4, 0.5) is 5.69 Å². The summed E-state index contributed by atoms with van der Waals surface area (Å²) in [5, 5.41) is 22.3. The first kappa shape index (κ1) is 15.9. The molecule has 0 saturated heterocycles. The fraction of sp³-hybridized carbons (Fsp3) is 0.462. The van der Waals surface area contributed by atoms with E-state index in [2.05, 4.69) is 5.32 Å². The number of aliphatic hydroxyl groups excluding tert-OH is 1. The smallest absolute Gasteiger partial charge is 0.273 e. The lowest BCUT2D eigenvalue weighted by Crippen LogP contribution is -2.30. The zero-order chi connectivity index (χ0) is 15.0. The summed E-state index contributed by atoms with van der Waals surface area (Å²) in [5.41, 5.74) is -0.0835. The van der Waals surface area contributed by atoms with E-state index in [-0.39, 0.29) is 30.1 Å². The Labute approximate surface area is 116 Å². The summed E-state index contributed by atoms with van der Waals surface area (Å²) in [6, 6.07) is 5.66. The molecule has 20 heavy (non-hydrogen) atoms. The number of nitro groups is 1. The maximum Gasteiger partial charge on any atom is 0.273 e. The highest BCUT2D eigenvalue weighted by Gasteiger charge is 2.08. The van der Waals surface area contributed by atoms with Crippen molar-refractivity contribution in [2.24, 2.45) is 0 Å². The zero-order valence-electron chi connectivity index (χ0n) is 11.2. The highest BCUT2D eigenvalue weighted by Crippen LogP contribution is 2.18. The van der Waals surface area contributed by atoms with Crippen molar-refractivity contribution >= 4 is 11.6 Å². The van der Waals surface area contributed by atoms with Gasteiger partial charge >= 0.3 is 0 Å². The largest absolute Gasteiger partial charge is 0.484 e. The molecule has 7 nitrogen and oxygen atoms in total. The molecule has 2 N–H and O–H groups in total. The van der Waals surface area contributed by atoms with Crippen LogP contribution in [0, 0.1) is 10.1 Å². The van der Waals surface area contributed by atoms with Gasteiger partial charge in [-0.2, -0.15) is 0 Å². The first-order valence-corrected chi connectivity index (χ1v) is 6.31. The molecule has 0 spiro atoms. The molecule has 1 rings (SSSR count). The van der Waals surface area contributed by atoms with Crippen molar-refractivity contribution in [3.05, 3.63) is 34.4 Å². The van der Waals surface area contributed by atoms with Crippen LogP contribution < -0.4 is 10.1 Å². The Balaban J connectivity index is 2.30. The normalized spacial score (nSPS) is 11.7. The lowest BCUT2D eigenvalue weighted by Gasteiger charge is -2.08. The van der Waals surface area contributed by atoms with E-state index in [9.17, 15) is 14.9 Å². The van der Waals surface area contributed by atoms with E-state index in [1.807, 2.05) is 0 Å². The molecular formula is C13H18N2O5. The van der Waals surface area contributed by atoms with Crippen LogP contribution in [0.1, 0.15) is 19.8 Å². The highest BCUT2D eigenvalue weighted by molar-refractivity contribution is 5.77. The van der Waals surface area contributed by atoms with Crippen LogP contribution >= 0.6 is 0 Å². The van der Waals surface area contributed by atoms with Gasteiger partial charge in [0.05, 0.1) is 17.1 Å². The van der Waals surface area contributed by atoms with Crippen LogP contribution in [0.5, 0.6) is 5.75 Å². The molecule has 0 saturated carbocycles. The number of non-ortho nitro benzene ring substituents is 1. The number of hydrogen-bond donors (Lipinski definition) is 2. The molecule has 0 aliphatic heterocycles. The van der Waals surface area contributed by atoms with Crippen LogP contribution in [0.3, 0.4) is 0 Å². The standard InChI is InChI=1S/C13H18N2O5/c1-10(16)4-3-7-14-13(17)9-20-12-6-2-5-11(8-12)15(18)19/h2,5-6,8,10,16H,3-4,7,9H2,1H3,(H,14,17). The highest BCUT2D eigenvalue weighted by atomic mass is 16.6. The van der Waals surface area contributed by atoms with Crippen LogP contribution in [0.15, 0.2) is 24.3 Å². The number of rotatable bonds is 8. The minimum Gasteiger partial charge on any atom is -0.484 e. The third kappa shape index (κ3) is 6.14. The van der Waals surface area contributed by atoms with Gasteiger partial charge in [-0.05, 0) is 25.8 Å². The van der Waals surface area contributed by atoms with E-state index in [0.717, 1.165) is 0 Å². The number of nitro benzene ring substituents is 1. The van der Waals surface area contributed by atoms with E-state index in [4.69, 9.17) is 9.84 Å². The first-order valence-electron chi connectivity index (χ1n) is 6.31. The minimum absolute atomic E-state index is 0.0835. The molecule has 1 unspecified atom stereocenters. The van der Waals surface area contributed by atoms with Crippen LogP contribution in [-0.2, 0) is 4.79 Å². The summed E-state index contributed by atoms with van der Waals surface area (Å²) in [5.74, 6) is -0.0274. The number of ether oxygens (including phenoxy) is 1. The Kier molecular flexibility index (Phi) is 6.45. The summed E-state index contributed by atoms with van der Waals surface area (Å²) < 4.78 is 5.17. The predicted octanol–water partition coefficient (Wildman–Crippen LogP) is 1.25. The molecule has 7 heteroatoms. The van der Waals surface area contributed by atoms with Crippen molar-refractivity contribution in [1.29, 1.82) is 0 Å². The van der Waals surface area contributed by atoms with Gasteiger partial charge in [-0.25, -0.2) is 0 Å². The van der Waals surface area contributed by atoms with Gasteiger partial charge in [-0.15, -0.1) is 0 Å². The van der Waals surface area contributed by atoms with E-state index >= 15 is 0 Å². The third-order valence-electron chi connectivity index (χ3n) is 2.52. The summed E-state index contributed by atoms with van der Waals surface area (Å²) in [7, 11) is 0. The molecule has 0 radical (unpaired) electrons. The number of amides is 1. The van der Waals surface area contributed by atoms with Crippen molar-refractivity contribution in [2.45, 2.75) is 25.9 Å². The Morgan fingerprint density at radius 1 is 1.55 bits per heavy atom. The molecule has 110 valence electrons. The second-order valence-corrected chi connectivity index (χ2v) is 4.38. The Bertz CT molecular complexity index is 462. The molecule has 0 heterocycles. The summed E-state index contributed by atoms with van der Waals surface area (Å²) in [4.78, 5) is 21.5. The molecule has 1 atom stereocenters. The van der Waals surface area contributed by atoms with Gasteiger partial charge in [-0.3, -0.25) is 14.9 Å². The third-order valence-corrected chi connectivity index (χ3v) is 2.52. The second kappa shape index (κ2) is 8.11. The van der Waals surface area contributed by atoms with E-state index < -0.39 is 4.92 Å². The SMILES string of the molecule is CC(O)CCCNC(=O)COc1cccc([N+](=O)[O-])c1. The lowest BCUT2D eigenvalue weighted by molar-refractivity contribution is -0.384. The minimum atomic E-state index is -0.525. The summed E-state index contributed by atoms with van der Waals surface area (Å²) >= 11 is 0. The van der Waals surface area contributed by atoms with E-state index in [0.29, 0.717) is 19.4 Å². The second-order valence-electron chi connectivity index (χ2n) is 4.38. The van der Waals surface area contributed by atoms with Gasteiger partial charge in [-0.1, -0.05) is 6.07 Å².